The van der Waals surface area contributed by atoms with Crippen LogP contribution in [-0.4, -0.2) is 51.4 Å². The Balaban J connectivity index is 2.08. The summed E-state index contributed by atoms with van der Waals surface area (Å²) in [6.45, 7) is 5.16. The van der Waals surface area contributed by atoms with E-state index in [4.69, 9.17) is 0 Å². The molecule has 0 unspecified atom stereocenters. The molecule has 23 heavy (non-hydrogen) atoms. The summed E-state index contributed by atoms with van der Waals surface area (Å²) in [7, 11) is -3.51. The summed E-state index contributed by atoms with van der Waals surface area (Å²) in [6, 6.07) is 6.28. The zero-order valence-corrected chi connectivity index (χ0v) is 14.4. The number of carbonyl (C=O) groups is 1. The number of sulfonamides is 1. The monoisotopic (exact) mass is 339 g/mol. The minimum absolute atomic E-state index is 0.193. The number of piperidine rings is 1. The van der Waals surface area contributed by atoms with Gasteiger partial charge in [0.1, 0.15) is 0 Å². The summed E-state index contributed by atoms with van der Waals surface area (Å²) >= 11 is 0. The second-order valence-corrected chi connectivity index (χ2v) is 7.54. The lowest BCUT2D eigenvalue weighted by atomic mass is 10.2. The summed E-state index contributed by atoms with van der Waals surface area (Å²) < 4.78 is 26.8. The van der Waals surface area contributed by atoms with Gasteiger partial charge in [0.25, 0.3) is 5.91 Å². The average Bonchev–Trinajstić information content (AvgIpc) is 2.59. The van der Waals surface area contributed by atoms with Crippen molar-refractivity contribution in [2.75, 3.05) is 32.7 Å². The summed E-state index contributed by atoms with van der Waals surface area (Å²) in [6.07, 6.45) is 2.86. The second-order valence-electron chi connectivity index (χ2n) is 5.60. The lowest BCUT2D eigenvalue weighted by molar-refractivity contribution is 0.0953. The molecule has 1 amide bonds. The van der Waals surface area contributed by atoms with E-state index < -0.39 is 10.0 Å². The van der Waals surface area contributed by atoms with E-state index in [9.17, 15) is 13.2 Å². The van der Waals surface area contributed by atoms with Crippen LogP contribution in [0, 0.1) is 0 Å². The van der Waals surface area contributed by atoms with Crippen molar-refractivity contribution in [2.24, 2.45) is 0 Å². The lowest BCUT2D eigenvalue weighted by Gasteiger charge is -2.26. The van der Waals surface area contributed by atoms with Crippen LogP contribution in [0.4, 0.5) is 0 Å². The number of benzene rings is 1. The van der Waals surface area contributed by atoms with E-state index in [0.717, 1.165) is 25.8 Å². The smallest absolute Gasteiger partial charge is 0.251 e. The highest BCUT2D eigenvalue weighted by Gasteiger charge is 2.26. The molecular formula is C16H25N3O3S. The fraction of sp³-hybridized carbons (Fsp3) is 0.562. The number of amides is 1. The van der Waals surface area contributed by atoms with Crippen molar-refractivity contribution in [1.82, 2.24) is 14.9 Å². The molecule has 1 aromatic rings. The first kappa shape index (κ1) is 17.9. The predicted molar refractivity (Wildman–Crippen MR) is 89.9 cm³/mol. The third kappa shape index (κ3) is 4.76. The number of nitrogens with zero attached hydrogens (tertiary/aromatic N) is 1. The molecule has 1 heterocycles. The Morgan fingerprint density at radius 1 is 1.17 bits per heavy atom. The van der Waals surface area contributed by atoms with Crippen LogP contribution in [-0.2, 0) is 10.0 Å². The Bertz CT molecular complexity index is 625. The Kier molecular flexibility index (Phi) is 6.56. The van der Waals surface area contributed by atoms with Gasteiger partial charge in [-0.2, -0.15) is 4.31 Å². The molecule has 2 rings (SSSR count). The molecule has 0 spiro atoms. The van der Waals surface area contributed by atoms with E-state index in [-0.39, 0.29) is 10.8 Å². The first-order chi connectivity index (χ1) is 11.1. The van der Waals surface area contributed by atoms with E-state index in [1.54, 1.807) is 18.2 Å². The largest absolute Gasteiger partial charge is 0.351 e. The van der Waals surface area contributed by atoms with Gasteiger partial charge in [0.2, 0.25) is 10.0 Å². The Hall–Kier alpha value is -1.44. The van der Waals surface area contributed by atoms with Crippen LogP contribution in [0.5, 0.6) is 0 Å². The van der Waals surface area contributed by atoms with Crippen LogP contribution in [0.15, 0.2) is 29.2 Å². The van der Waals surface area contributed by atoms with Gasteiger partial charge in [0, 0.05) is 31.7 Å². The van der Waals surface area contributed by atoms with Crippen molar-refractivity contribution in [3.05, 3.63) is 29.8 Å². The zero-order chi connectivity index (χ0) is 16.7. The average molecular weight is 339 g/mol. The number of hydrogen-bond acceptors (Lipinski definition) is 4. The molecule has 0 aliphatic carbocycles. The molecule has 0 atom stereocenters. The van der Waals surface area contributed by atoms with Gasteiger partial charge in [-0.1, -0.05) is 19.4 Å². The fourth-order valence-corrected chi connectivity index (χ4v) is 4.16. The molecule has 1 fully saturated rings. The van der Waals surface area contributed by atoms with Gasteiger partial charge in [0.15, 0.2) is 0 Å². The fourth-order valence-electron chi connectivity index (χ4n) is 2.60. The van der Waals surface area contributed by atoms with Gasteiger partial charge < -0.3 is 10.6 Å². The van der Waals surface area contributed by atoms with Gasteiger partial charge in [-0.25, -0.2) is 8.42 Å². The minimum Gasteiger partial charge on any atom is -0.351 e. The van der Waals surface area contributed by atoms with Crippen LogP contribution in [0.1, 0.15) is 36.5 Å². The Labute approximate surface area is 138 Å². The number of nitrogens with one attached hydrogen (secondary N) is 2. The van der Waals surface area contributed by atoms with Crippen LogP contribution in [0.25, 0.3) is 0 Å². The van der Waals surface area contributed by atoms with Crippen LogP contribution in [0.2, 0.25) is 0 Å². The third-order valence-corrected chi connectivity index (χ3v) is 5.78. The maximum Gasteiger partial charge on any atom is 0.251 e. The number of carbonyl (C=O) groups excluding carboxylic acids is 1. The van der Waals surface area contributed by atoms with E-state index in [2.05, 4.69) is 10.6 Å². The SMILES string of the molecule is CCNCCNC(=O)c1cccc(S(=O)(=O)N2CCCCC2)c1. The molecular weight excluding hydrogens is 314 g/mol. The highest BCUT2D eigenvalue weighted by atomic mass is 32.2. The molecule has 0 bridgehead atoms. The molecule has 0 aromatic heterocycles. The van der Waals surface area contributed by atoms with Crippen LogP contribution in [0.3, 0.4) is 0 Å². The molecule has 0 radical (unpaired) electrons. The van der Waals surface area contributed by atoms with E-state index in [1.165, 1.54) is 10.4 Å². The molecule has 128 valence electrons. The van der Waals surface area contributed by atoms with Gasteiger partial charge in [0.05, 0.1) is 4.90 Å². The van der Waals surface area contributed by atoms with Crippen molar-refractivity contribution in [3.63, 3.8) is 0 Å². The van der Waals surface area contributed by atoms with Crippen molar-refractivity contribution in [3.8, 4) is 0 Å². The van der Waals surface area contributed by atoms with Crippen molar-refractivity contribution < 1.29 is 13.2 Å². The summed E-state index contributed by atoms with van der Waals surface area (Å²) in [4.78, 5) is 12.3. The Morgan fingerprint density at radius 2 is 1.91 bits per heavy atom. The highest BCUT2D eigenvalue weighted by molar-refractivity contribution is 7.89. The van der Waals surface area contributed by atoms with Crippen molar-refractivity contribution >= 4 is 15.9 Å². The molecule has 1 aliphatic rings. The summed E-state index contributed by atoms with van der Waals surface area (Å²) in [5.74, 6) is -0.251. The first-order valence-electron chi connectivity index (χ1n) is 8.15. The minimum atomic E-state index is -3.51. The molecule has 6 nitrogen and oxygen atoms in total. The quantitative estimate of drug-likeness (QED) is 0.732. The van der Waals surface area contributed by atoms with Gasteiger partial charge in [-0.05, 0) is 37.6 Å². The van der Waals surface area contributed by atoms with E-state index in [0.29, 0.717) is 31.7 Å². The van der Waals surface area contributed by atoms with Crippen LogP contribution < -0.4 is 10.6 Å². The maximum atomic E-state index is 12.6. The zero-order valence-electron chi connectivity index (χ0n) is 13.5. The second kappa shape index (κ2) is 8.42. The standard InChI is InChI=1S/C16H25N3O3S/c1-2-17-9-10-18-16(20)14-7-6-8-15(13-14)23(21,22)19-11-4-3-5-12-19/h6-8,13,17H,2-5,9-12H2,1H3,(H,18,20). The van der Waals surface area contributed by atoms with Crippen LogP contribution >= 0.6 is 0 Å². The molecule has 2 N–H and O–H groups in total. The molecule has 1 saturated heterocycles. The Morgan fingerprint density at radius 3 is 2.61 bits per heavy atom. The van der Waals surface area contributed by atoms with E-state index >= 15 is 0 Å². The summed E-state index contributed by atoms with van der Waals surface area (Å²) in [5, 5.41) is 5.90. The third-order valence-electron chi connectivity index (χ3n) is 3.89. The summed E-state index contributed by atoms with van der Waals surface area (Å²) in [5.41, 5.74) is 0.375. The lowest BCUT2D eigenvalue weighted by Crippen LogP contribution is -2.36. The number of likely N-dealkylation sites (N-methyl/N-ethyl adjacent to an activating group) is 1. The molecule has 7 heteroatoms. The topological polar surface area (TPSA) is 78.5 Å². The van der Waals surface area contributed by atoms with Crippen molar-refractivity contribution in [2.45, 2.75) is 31.1 Å². The van der Waals surface area contributed by atoms with E-state index in [1.807, 2.05) is 6.92 Å². The molecule has 1 aromatic carbocycles. The predicted octanol–water partition coefficient (Wildman–Crippen LogP) is 1.20. The van der Waals surface area contributed by atoms with Gasteiger partial charge in [-0.3, -0.25) is 4.79 Å². The maximum absolute atomic E-state index is 12.6. The highest BCUT2D eigenvalue weighted by Crippen LogP contribution is 2.21. The number of rotatable bonds is 7. The van der Waals surface area contributed by atoms with Crippen molar-refractivity contribution in [1.29, 1.82) is 0 Å². The molecule has 1 aliphatic heterocycles. The first-order valence-corrected chi connectivity index (χ1v) is 9.59. The number of hydrogen-bond donors (Lipinski definition) is 2. The molecule has 0 saturated carbocycles. The van der Waals surface area contributed by atoms with Gasteiger partial charge >= 0.3 is 0 Å². The normalized spacial score (nSPS) is 16.2. The van der Waals surface area contributed by atoms with Gasteiger partial charge in [-0.15, -0.1) is 0 Å².